The topological polar surface area (TPSA) is 20.2 Å². The van der Waals surface area contributed by atoms with Gasteiger partial charge in [0, 0.05) is 10.9 Å². The van der Waals surface area contributed by atoms with E-state index in [-0.39, 0.29) is 5.82 Å². The number of halogens is 3. The van der Waals surface area contributed by atoms with Crippen LogP contribution in [0.25, 0.3) is 0 Å². The van der Waals surface area contributed by atoms with Gasteiger partial charge in [0.2, 0.25) is 0 Å². The standard InChI is InChI=1S/C15H13Br2FO/c1-9-4-2-6-11(14(9)16)13(19)8-10-5-3-7-12(18)15(10)17/h2-7,13,19H,8H2,1H3. The highest BCUT2D eigenvalue weighted by Gasteiger charge is 2.15. The van der Waals surface area contributed by atoms with Crippen LogP contribution >= 0.6 is 31.9 Å². The first-order valence-electron chi connectivity index (χ1n) is 5.86. The molecule has 1 N–H and O–H groups in total. The minimum atomic E-state index is -0.674. The van der Waals surface area contributed by atoms with Crippen molar-refractivity contribution in [3.8, 4) is 0 Å². The van der Waals surface area contributed by atoms with E-state index in [1.54, 1.807) is 12.1 Å². The van der Waals surface area contributed by atoms with E-state index in [0.717, 1.165) is 21.2 Å². The van der Waals surface area contributed by atoms with E-state index in [4.69, 9.17) is 0 Å². The number of aliphatic hydroxyl groups excluding tert-OH is 1. The van der Waals surface area contributed by atoms with Crippen molar-refractivity contribution in [3.63, 3.8) is 0 Å². The molecule has 2 rings (SSSR count). The van der Waals surface area contributed by atoms with Crippen molar-refractivity contribution in [1.82, 2.24) is 0 Å². The van der Waals surface area contributed by atoms with Gasteiger partial charge >= 0.3 is 0 Å². The van der Waals surface area contributed by atoms with Gasteiger partial charge < -0.3 is 5.11 Å². The molecule has 1 unspecified atom stereocenters. The third-order valence-corrected chi connectivity index (χ3v) is 5.00. The summed E-state index contributed by atoms with van der Waals surface area (Å²) in [5, 5.41) is 10.3. The Morgan fingerprint density at radius 3 is 2.53 bits per heavy atom. The van der Waals surface area contributed by atoms with Crippen LogP contribution in [0.2, 0.25) is 0 Å². The molecule has 0 aliphatic rings. The first-order chi connectivity index (χ1) is 9.00. The molecule has 0 aliphatic heterocycles. The summed E-state index contributed by atoms with van der Waals surface area (Å²) in [6.45, 7) is 1.97. The number of benzene rings is 2. The molecule has 1 atom stereocenters. The van der Waals surface area contributed by atoms with Gasteiger partial charge in [-0.15, -0.1) is 0 Å². The molecule has 0 spiro atoms. The molecule has 0 bridgehead atoms. The van der Waals surface area contributed by atoms with Crippen LogP contribution in [0.3, 0.4) is 0 Å². The van der Waals surface area contributed by atoms with Crippen LogP contribution in [0.15, 0.2) is 45.3 Å². The Labute approximate surface area is 128 Å². The SMILES string of the molecule is Cc1cccc(C(O)Cc2cccc(F)c2Br)c1Br. The summed E-state index contributed by atoms with van der Waals surface area (Å²) in [5.41, 5.74) is 2.63. The second-order valence-electron chi connectivity index (χ2n) is 4.41. The minimum Gasteiger partial charge on any atom is -0.388 e. The lowest BCUT2D eigenvalue weighted by molar-refractivity contribution is 0.177. The first-order valence-corrected chi connectivity index (χ1v) is 7.45. The highest BCUT2D eigenvalue weighted by molar-refractivity contribution is 9.10. The van der Waals surface area contributed by atoms with Crippen LogP contribution in [0.4, 0.5) is 4.39 Å². The van der Waals surface area contributed by atoms with E-state index in [1.165, 1.54) is 6.07 Å². The third kappa shape index (κ3) is 3.25. The Balaban J connectivity index is 2.28. The highest BCUT2D eigenvalue weighted by Crippen LogP contribution is 2.31. The molecule has 0 radical (unpaired) electrons. The van der Waals surface area contributed by atoms with Crippen molar-refractivity contribution in [2.75, 3.05) is 0 Å². The fourth-order valence-electron chi connectivity index (χ4n) is 1.95. The molecule has 0 fully saturated rings. The molecule has 19 heavy (non-hydrogen) atoms. The Morgan fingerprint density at radius 1 is 1.11 bits per heavy atom. The molecule has 0 saturated heterocycles. The van der Waals surface area contributed by atoms with Gasteiger partial charge in [0.25, 0.3) is 0 Å². The lowest BCUT2D eigenvalue weighted by Crippen LogP contribution is -2.04. The molecule has 1 nitrogen and oxygen atoms in total. The zero-order valence-electron chi connectivity index (χ0n) is 10.3. The van der Waals surface area contributed by atoms with Gasteiger partial charge in [-0.25, -0.2) is 4.39 Å². The van der Waals surface area contributed by atoms with Crippen LogP contribution in [0, 0.1) is 12.7 Å². The summed E-state index contributed by atoms with van der Waals surface area (Å²) >= 11 is 6.70. The van der Waals surface area contributed by atoms with Crippen LogP contribution in [-0.4, -0.2) is 5.11 Å². The fraction of sp³-hybridized carbons (Fsp3) is 0.200. The minimum absolute atomic E-state index is 0.312. The van der Waals surface area contributed by atoms with Gasteiger partial charge in [-0.3, -0.25) is 0 Å². The Bertz CT molecular complexity index is 599. The van der Waals surface area contributed by atoms with Crippen LogP contribution in [0.1, 0.15) is 22.8 Å². The van der Waals surface area contributed by atoms with Crippen LogP contribution in [0.5, 0.6) is 0 Å². The molecule has 2 aromatic carbocycles. The monoisotopic (exact) mass is 386 g/mol. The van der Waals surface area contributed by atoms with E-state index in [0.29, 0.717) is 10.9 Å². The largest absolute Gasteiger partial charge is 0.388 e. The first kappa shape index (κ1) is 14.7. The number of aryl methyl sites for hydroxylation is 1. The predicted molar refractivity (Wildman–Crippen MR) is 81.6 cm³/mol. The van der Waals surface area contributed by atoms with Gasteiger partial charge in [-0.1, -0.05) is 46.3 Å². The molecule has 0 aliphatic carbocycles. The average molecular weight is 388 g/mol. The lowest BCUT2D eigenvalue weighted by Gasteiger charge is -2.15. The van der Waals surface area contributed by atoms with Crippen molar-refractivity contribution < 1.29 is 9.50 Å². The van der Waals surface area contributed by atoms with E-state index in [2.05, 4.69) is 31.9 Å². The van der Waals surface area contributed by atoms with Crippen molar-refractivity contribution in [3.05, 3.63) is 67.9 Å². The molecule has 0 aromatic heterocycles. The second kappa shape index (κ2) is 6.16. The van der Waals surface area contributed by atoms with Crippen LogP contribution < -0.4 is 0 Å². The number of rotatable bonds is 3. The molecule has 100 valence electrons. The summed E-state index contributed by atoms with van der Waals surface area (Å²) < 4.78 is 14.8. The maximum absolute atomic E-state index is 13.4. The molecule has 4 heteroatoms. The van der Waals surface area contributed by atoms with E-state index in [9.17, 15) is 9.50 Å². The molecule has 2 aromatic rings. The average Bonchev–Trinajstić information content (AvgIpc) is 2.38. The van der Waals surface area contributed by atoms with E-state index < -0.39 is 6.10 Å². The van der Waals surface area contributed by atoms with Gasteiger partial charge in [-0.05, 0) is 45.6 Å². The molecule has 0 heterocycles. The van der Waals surface area contributed by atoms with Gasteiger partial charge in [0.05, 0.1) is 10.6 Å². The normalized spacial score (nSPS) is 12.5. The van der Waals surface area contributed by atoms with Crippen molar-refractivity contribution in [1.29, 1.82) is 0 Å². The summed E-state index contributed by atoms with van der Waals surface area (Å²) in [6.07, 6.45) is -0.312. The Morgan fingerprint density at radius 2 is 1.79 bits per heavy atom. The quantitative estimate of drug-likeness (QED) is 0.791. The lowest BCUT2D eigenvalue weighted by atomic mass is 10.00. The smallest absolute Gasteiger partial charge is 0.137 e. The number of hydrogen-bond acceptors (Lipinski definition) is 1. The van der Waals surface area contributed by atoms with Crippen LogP contribution in [-0.2, 0) is 6.42 Å². The third-order valence-electron chi connectivity index (χ3n) is 3.03. The molecular weight excluding hydrogens is 375 g/mol. The van der Waals surface area contributed by atoms with Gasteiger partial charge in [0.1, 0.15) is 5.82 Å². The molecule has 0 amide bonds. The van der Waals surface area contributed by atoms with Gasteiger partial charge in [-0.2, -0.15) is 0 Å². The predicted octanol–water partition coefficient (Wildman–Crippen LogP) is 4.94. The van der Waals surface area contributed by atoms with Crippen molar-refractivity contribution in [2.24, 2.45) is 0 Å². The second-order valence-corrected chi connectivity index (χ2v) is 6.00. The highest BCUT2D eigenvalue weighted by atomic mass is 79.9. The maximum atomic E-state index is 13.4. The number of hydrogen-bond donors (Lipinski definition) is 1. The van der Waals surface area contributed by atoms with Crippen molar-refractivity contribution >= 4 is 31.9 Å². The fourth-order valence-corrected chi connectivity index (χ4v) is 2.91. The Kier molecular flexibility index (Phi) is 4.76. The summed E-state index contributed by atoms with van der Waals surface area (Å²) in [4.78, 5) is 0. The maximum Gasteiger partial charge on any atom is 0.137 e. The number of aliphatic hydroxyl groups is 1. The summed E-state index contributed by atoms with van der Waals surface area (Å²) in [7, 11) is 0. The Hall–Kier alpha value is -0.710. The zero-order valence-corrected chi connectivity index (χ0v) is 13.5. The zero-order chi connectivity index (χ0) is 14.0. The van der Waals surface area contributed by atoms with Crippen molar-refractivity contribution in [2.45, 2.75) is 19.4 Å². The molecular formula is C15H13Br2FO. The summed E-state index contributed by atoms with van der Waals surface area (Å²) in [6, 6.07) is 10.6. The van der Waals surface area contributed by atoms with E-state index in [1.807, 2.05) is 25.1 Å². The van der Waals surface area contributed by atoms with Gasteiger partial charge in [0.15, 0.2) is 0 Å². The summed E-state index contributed by atoms with van der Waals surface area (Å²) in [5.74, 6) is -0.312. The molecule has 0 saturated carbocycles. The van der Waals surface area contributed by atoms with E-state index >= 15 is 0 Å².